The summed E-state index contributed by atoms with van der Waals surface area (Å²) in [7, 11) is 0. The quantitative estimate of drug-likeness (QED) is 0.808. The van der Waals surface area contributed by atoms with E-state index in [-0.39, 0.29) is 10.6 Å². The lowest BCUT2D eigenvalue weighted by molar-refractivity contribution is 0.628. The predicted molar refractivity (Wildman–Crippen MR) is 55.3 cm³/mol. The zero-order valence-corrected chi connectivity index (χ0v) is 8.25. The number of hydrogen-bond donors (Lipinski definition) is 1. The van der Waals surface area contributed by atoms with E-state index >= 15 is 0 Å². The summed E-state index contributed by atoms with van der Waals surface area (Å²) in [4.78, 5) is 17.4. The summed E-state index contributed by atoms with van der Waals surface area (Å²) in [5, 5.41) is 0.261. The average Bonchev–Trinajstić information content (AvgIpc) is 2.16. The first kappa shape index (κ1) is 9.86. The third-order valence-electron chi connectivity index (χ3n) is 1.81. The van der Waals surface area contributed by atoms with Crippen LogP contribution in [0.2, 0.25) is 5.02 Å². The van der Waals surface area contributed by atoms with Crippen molar-refractivity contribution < 1.29 is 4.39 Å². The molecule has 15 heavy (non-hydrogen) atoms. The normalized spacial score (nSPS) is 10.3. The van der Waals surface area contributed by atoms with Gasteiger partial charge < -0.3 is 4.98 Å². The van der Waals surface area contributed by atoms with E-state index in [1.807, 2.05) is 0 Å². The van der Waals surface area contributed by atoms with Gasteiger partial charge in [0.1, 0.15) is 11.6 Å². The monoisotopic (exact) mass is 224 g/mol. The van der Waals surface area contributed by atoms with Gasteiger partial charge in [-0.3, -0.25) is 4.79 Å². The molecule has 5 heteroatoms. The van der Waals surface area contributed by atoms with Crippen molar-refractivity contribution >= 4 is 11.6 Å². The maximum Gasteiger partial charge on any atom is 0.251 e. The van der Waals surface area contributed by atoms with Gasteiger partial charge >= 0.3 is 0 Å². The van der Waals surface area contributed by atoms with Crippen molar-refractivity contribution in [1.29, 1.82) is 0 Å². The standard InChI is InChI=1S/C10H6ClFN2O/c11-7-3-6(4-8(12)5-7)10-13-2-1-9(15)14-10/h1-5H,(H,13,14,15). The number of rotatable bonds is 1. The Labute approximate surface area is 89.6 Å². The van der Waals surface area contributed by atoms with Gasteiger partial charge in [0.05, 0.1) is 0 Å². The molecule has 0 atom stereocenters. The Bertz CT molecular complexity index is 533. The average molecular weight is 225 g/mol. The number of H-pyrrole nitrogens is 1. The molecule has 0 unspecified atom stereocenters. The maximum absolute atomic E-state index is 13.0. The van der Waals surface area contributed by atoms with E-state index < -0.39 is 5.82 Å². The molecule has 0 bridgehead atoms. The van der Waals surface area contributed by atoms with Crippen molar-refractivity contribution in [2.45, 2.75) is 0 Å². The highest BCUT2D eigenvalue weighted by atomic mass is 35.5. The molecule has 1 heterocycles. The first-order chi connectivity index (χ1) is 7.15. The highest BCUT2D eigenvalue weighted by Gasteiger charge is 2.03. The fourth-order valence-corrected chi connectivity index (χ4v) is 1.43. The van der Waals surface area contributed by atoms with Gasteiger partial charge in [0.2, 0.25) is 0 Å². The number of aromatic amines is 1. The molecule has 0 radical (unpaired) electrons. The molecule has 1 aromatic heterocycles. The molecule has 0 saturated heterocycles. The smallest absolute Gasteiger partial charge is 0.251 e. The van der Waals surface area contributed by atoms with Crippen molar-refractivity contribution in [3.05, 3.63) is 51.7 Å². The summed E-state index contributed by atoms with van der Waals surface area (Å²) in [5.74, 6) is -0.173. The van der Waals surface area contributed by atoms with Crippen molar-refractivity contribution in [2.75, 3.05) is 0 Å². The minimum atomic E-state index is -0.469. The van der Waals surface area contributed by atoms with Gasteiger partial charge in [0.15, 0.2) is 0 Å². The van der Waals surface area contributed by atoms with Gasteiger partial charge in [-0.25, -0.2) is 9.37 Å². The van der Waals surface area contributed by atoms with Crippen LogP contribution in [0.4, 0.5) is 4.39 Å². The fraction of sp³-hybridized carbons (Fsp3) is 0. The summed E-state index contributed by atoms with van der Waals surface area (Å²) in [6.45, 7) is 0. The number of nitrogens with one attached hydrogen (secondary N) is 1. The van der Waals surface area contributed by atoms with Crippen LogP contribution in [0.15, 0.2) is 35.3 Å². The SMILES string of the molecule is O=c1ccnc(-c2cc(F)cc(Cl)c2)[nH]1. The highest BCUT2D eigenvalue weighted by molar-refractivity contribution is 6.30. The Morgan fingerprint density at radius 1 is 1.33 bits per heavy atom. The van der Waals surface area contributed by atoms with Gasteiger partial charge in [-0.2, -0.15) is 0 Å². The third kappa shape index (κ3) is 2.22. The lowest BCUT2D eigenvalue weighted by Gasteiger charge is -2.00. The molecular formula is C10H6ClFN2O. The molecule has 76 valence electrons. The molecule has 0 amide bonds. The molecule has 0 fully saturated rings. The van der Waals surface area contributed by atoms with E-state index in [1.165, 1.54) is 30.5 Å². The molecule has 1 N–H and O–H groups in total. The molecule has 0 aliphatic rings. The number of hydrogen-bond acceptors (Lipinski definition) is 2. The van der Waals surface area contributed by atoms with E-state index in [0.29, 0.717) is 11.4 Å². The Morgan fingerprint density at radius 2 is 2.13 bits per heavy atom. The minimum Gasteiger partial charge on any atom is -0.307 e. The molecule has 0 saturated carbocycles. The Balaban J connectivity index is 2.58. The summed E-state index contributed by atoms with van der Waals surface area (Å²) >= 11 is 5.68. The second-order valence-corrected chi connectivity index (χ2v) is 3.38. The van der Waals surface area contributed by atoms with Crippen LogP contribution in [0.1, 0.15) is 0 Å². The molecule has 2 rings (SSSR count). The van der Waals surface area contributed by atoms with Crippen LogP contribution in [-0.4, -0.2) is 9.97 Å². The second-order valence-electron chi connectivity index (χ2n) is 2.94. The van der Waals surface area contributed by atoms with Crippen LogP contribution < -0.4 is 5.56 Å². The summed E-state index contributed by atoms with van der Waals surface area (Å²) < 4.78 is 13.0. The highest BCUT2D eigenvalue weighted by Crippen LogP contribution is 2.20. The molecule has 0 aliphatic carbocycles. The van der Waals surface area contributed by atoms with Crippen LogP contribution in [-0.2, 0) is 0 Å². The molecule has 3 nitrogen and oxygen atoms in total. The summed E-state index contributed by atoms with van der Waals surface area (Å²) in [6.07, 6.45) is 1.35. The topological polar surface area (TPSA) is 45.8 Å². The van der Waals surface area contributed by atoms with Crippen LogP contribution in [0, 0.1) is 5.82 Å². The number of aromatic nitrogens is 2. The molecule has 0 spiro atoms. The van der Waals surface area contributed by atoms with Gasteiger partial charge in [-0.15, -0.1) is 0 Å². The number of benzene rings is 1. The first-order valence-electron chi connectivity index (χ1n) is 4.17. The predicted octanol–water partition coefficient (Wildman–Crippen LogP) is 2.23. The first-order valence-corrected chi connectivity index (χ1v) is 4.55. The largest absolute Gasteiger partial charge is 0.307 e. The van der Waals surface area contributed by atoms with E-state index in [4.69, 9.17) is 11.6 Å². The van der Waals surface area contributed by atoms with Crippen molar-refractivity contribution in [3.63, 3.8) is 0 Å². The van der Waals surface area contributed by atoms with Crippen LogP contribution >= 0.6 is 11.6 Å². The zero-order valence-electron chi connectivity index (χ0n) is 7.50. The second kappa shape index (κ2) is 3.82. The van der Waals surface area contributed by atoms with Crippen molar-refractivity contribution in [1.82, 2.24) is 9.97 Å². The Morgan fingerprint density at radius 3 is 2.80 bits per heavy atom. The van der Waals surface area contributed by atoms with Gasteiger partial charge in [0, 0.05) is 22.8 Å². The molecule has 2 aromatic rings. The molecule has 1 aromatic carbocycles. The van der Waals surface area contributed by atoms with E-state index in [0.717, 1.165) is 0 Å². The van der Waals surface area contributed by atoms with Gasteiger partial charge in [0.25, 0.3) is 5.56 Å². The van der Waals surface area contributed by atoms with Crippen LogP contribution in [0.25, 0.3) is 11.4 Å². The van der Waals surface area contributed by atoms with Crippen molar-refractivity contribution in [2.24, 2.45) is 0 Å². The summed E-state index contributed by atoms with van der Waals surface area (Å²) in [6, 6.07) is 5.25. The lowest BCUT2D eigenvalue weighted by Crippen LogP contribution is -2.05. The number of nitrogens with zero attached hydrogens (tertiary/aromatic N) is 1. The summed E-state index contributed by atoms with van der Waals surface area (Å²) in [5.41, 5.74) is 0.151. The van der Waals surface area contributed by atoms with Crippen molar-refractivity contribution in [3.8, 4) is 11.4 Å². The third-order valence-corrected chi connectivity index (χ3v) is 2.03. The van der Waals surface area contributed by atoms with Gasteiger partial charge in [-0.05, 0) is 18.2 Å². The fourth-order valence-electron chi connectivity index (χ4n) is 1.21. The minimum absolute atomic E-state index is 0.261. The maximum atomic E-state index is 13.0. The molecular weight excluding hydrogens is 219 g/mol. The lowest BCUT2D eigenvalue weighted by atomic mass is 10.2. The van der Waals surface area contributed by atoms with Gasteiger partial charge in [-0.1, -0.05) is 11.6 Å². The Kier molecular flexibility index (Phi) is 2.51. The van der Waals surface area contributed by atoms with Crippen LogP contribution in [0.5, 0.6) is 0 Å². The van der Waals surface area contributed by atoms with E-state index in [1.54, 1.807) is 0 Å². The van der Waals surface area contributed by atoms with E-state index in [9.17, 15) is 9.18 Å². The Hall–Kier alpha value is -1.68. The molecule has 0 aliphatic heterocycles. The van der Waals surface area contributed by atoms with Crippen LogP contribution in [0.3, 0.4) is 0 Å². The zero-order chi connectivity index (χ0) is 10.8. The number of halogens is 2. The van der Waals surface area contributed by atoms with E-state index in [2.05, 4.69) is 9.97 Å².